The number of thiazole rings is 1. The molecular formula is C14H15N3O2S. The number of piperidine rings is 1. The van der Waals surface area contributed by atoms with Crippen molar-refractivity contribution in [1.29, 1.82) is 0 Å². The van der Waals surface area contributed by atoms with Gasteiger partial charge in [-0.3, -0.25) is 9.78 Å². The van der Waals surface area contributed by atoms with E-state index in [1.807, 2.05) is 23.7 Å². The van der Waals surface area contributed by atoms with Crippen LogP contribution >= 0.6 is 11.3 Å². The quantitative estimate of drug-likeness (QED) is 0.938. The lowest BCUT2D eigenvalue weighted by Gasteiger charge is -2.37. The third kappa shape index (κ3) is 2.51. The second kappa shape index (κ2) is 5.58. The molecule has 1 aliphatic heterocycles. The molecule has 1 fully saturated rings. The molecule has 104 valence electrons. The van der Waals surface area contributed by atoms with E-state index in [0.29, 0.717) is 13.0 Å². The fraction of sp³-hybridized carbons (Fsp3) is 0.357. The molecular weight excluding hydrogens is 274 g/mol. The summed E-state index contributed by atoms with van der Waals surface area (Å²) in [7, 11) is 0. The second-order valence-corrected chi connectivity index (χ2v) is 5.79. The van der Waals surface area contributed by atoms with E-state index in [4.69, 9.17) is 0 Å². The summed E-state index contributed by atoms with van der Waals surface area (Å²) in [6.45, 7) is 1.42. The van der Waals surface area contributed by atoms with Crippen LogP contribution in [0.25, 0.3) is 0 Å². The molecule has 6 heteroatoms. The summed E-state index contributed by atoms with van der Waals surface area (Å²) in [6.07, 6.45) is 5.93. The van der Waals surface area contributed by atoms with Gasteiger partial charge in [-0.15, -0.1) is 11.3 Å². The van der Waals surface area contributed by atoms with Gasteiger partial charge in [-0.25, -0.2) is 4.98 Å². The summed E-state index contributed by atoms with van der Waals surface area (Å²) >= 11 is 1.53. The molecule has 3 heterocycles. The van der Waals surface area contributed by atoms with E-state index in [1.54, 1.807) is 12.4 Å². The molecule has 2 aromatic rings. The minimum absolute atomic E-state index is 0.0542. The topological polar surface area (TPSA) is 66.3 Å². The zero-order valence-electron chi connectivity index (χ0n) is 10.8. The molecule has 3 rings (SSSR count). The van der Waals surface area contributed by atoms with Gasteiger partial charge in [0.25, 0.3) is 0 Å². The van der Waals surface area contributed by atoms with Crippen LogP contribution in [0.3, 0.4) is 0 Å². The van der Waals surface area contributed by atoms with Crippen LogP contribution in [0.5, 0.6) is 0 Å². The number of anilines is 1. The van der Waals surface area contributed by atoms with Crippen LogP contribution in [0.15, 0.2) is 36.1 Å². The Morgan fingerprint density at radius 2 is 2.35 bits per heavy atom. The van der Waals surface area contributed by atoms with Crippen LogP contribution in [0.1, 0.15) is 17.3 Å². The molecule has 0 spiro atoms. The number of hydrogen-bond donors (Lipinski definition) is 1. The van der Waals surface area contributed by atoms with Gasteiger partial charge in [-0.2, -0.15) is 0 Å². The molecule has 2 atom stereocenters. The summed E-state index contributed by atoms with van der Waals surface area (Å²) < 4.78 is 0. The molecule has 1 saturated heterocycles. The first-order chi connectivity index (χ1) is 9.75. The van der Waals surface area contributed by atoms with Crippen LogP contribution in [0.4, 0.5) is 5.69 Å². The van der Waals surface area contributed by atoms with Crippen molar-refractivity contribution in [3.63, 3.8) is 0 Å². The number of carboxylic acid groups (broad SMARTS) is 1. The first-order valence-electron chi connectivity index (χ1n) is 6.53. The second-order valence-electron chi connectivity index (χ2n) is 4.87. The lowest BCUT2D eigenvalue weighted by Crippen LogP contribution is -2.42. The molecule has 0 aromatic carbocycles. The van der Waals surface area contributed by atoms with E-state index in [-0.39, 0.29) is 11.8 Å². The van der Waals surface area contributed by atoms with Gasteiger partial charge in [0, 0.05) is 36.8 Å². The van der Waals surface area contributed by atoms with Crippen molar-refractivity contribution in [2.75, 3.05) is 18.0 Å². The summed E-state index contributed by atoms with van der Waals surface area (Å²) in [5, 5.41) is 12.2. The third-order valence-electron chi connectivity index (χ3n) is 3.71. The Hall–Kier alpha value is -1.95. The van der Waals surface area contributed by atoms with Crippen LogP contribution in [-0.4, -0.2) is 34.1 Å². The van der Waals surface area contributed by atoms with Crippen molar-refractivity contribution >= 4 is 23.0 Å². The molecule has 0 radical (unpaired) electrons. The lowest BCUT2D eigenvalue weighted by atomic mass is 9.85. The number of carboxylic acids is 1. The van der Waals surface area contributed by atoms with Crippen LogP contribution in [0, 0.1) is 5.92 Å². The van der Waals surface area contributed by atoms with Gasteiger partial charge in [-0.1, -0.05) is 0 Å². The van der Waals surface area contributed by atoms with E-state index in [0.717, 1.165) is 17.2 Å². The van der Waals surface area contributed by atoms with Crippen LogP contribution < -0.4 is 4.90 Å². The van der Waals surface area contributed by atoms with Crippen molar-refractivity contribution in [3.05, 3.63) is 41.1 Å². The van der Waals surface area contributed by atoms with Crippen molar-refractivity contribution in [2.45, 2.75) is 12.3 Å². The Bertz CT molecular complexity index is 573. The highest BCUT2D eigenvalue weighted by Crippen LogP contribution is 2.35. The molecule has 2 aromatic heterocycles. The number of aliphatic carboxylic acids is 1. The van der Waals surface area contributed by atoms with E-state index < -0.39 is 5.97 Å². The number of carbonyl (C=O) groups is 1. The highest BCUT2D eigenvalue weighted by Gasteiger charge is 2.36. The maximum Gasteiger partial charge on any atom is 0.307 e. The maximum absolute atomic E-state index is 11.4. The Balaban J connectivity index is 1.85. The smallest absolute Gasteiger partial charge is 0.307 e. The lowest BCUT2D eigenvalue weighted by molar-refractivity contribution is -0.143. The minimum atomic E-state index is -0.726. The van der Waals surface area contributed by atoms with Gasteiger partial charge >= 0.3 is 5.97 Å². The summed E-state index contributed by atoms with van der Waals surface area (Å²) in [5.74, 6) is -1.13. The molecule has 0 aliphatic carbocycles. The predicted molar refractivity (Wildman–Crippen MR) is 77.0 cm³/mol. The summed E-state index contributed by atoms with van der Waals surface area (Å²) in [5.41, 5.74) is 1.04. The monoisotopic (exact) mass is 289 g/mol. The SMILES string of the molecule is O=C(O)C1CCN(c2cccnc2)CC1c1nccs1. The number of nitrogens with zero attached hydrogens (tertiary/aromatic N) is 3. The van der Waals surface area contributed by atoms with E-state index in [2.05, 4.69) is 14.9 Å². The molecule has 5 nitrogen and oxygen atoms in total. The van der Waals surface area contributed by atoms with Gasteiger partial charge in [-0.05, 0) is 18.6 Å². The number of rotatable bonds is 3. The van der Waals surface area contributed by atoms with E-state index in [1.165, 1.54) is 11.3 Å². The zero-order valence-corrected chi connectivity index (χ0v) is 11.7. The predicted octanol–water partition coefficient (Wildman–Crippen LogP) is 2.23. The highest BCUT2D eigenvalue weighted by molar-refractivity contribution is 7.09. The van der Waals surface area contributed by atoms with Gasteiger partial charge in [0.05, 0.1) is 22.8 Å². The van der Waals surface area contributed by atoms with E-state index >= 15 is 0 Å². The van der Waals surface area contributed by atoms with Crippen LogP contribution in [0.2, 0.25) is 0 Å². The Labute approximate surface area is 120 Å². The maximum atomic E-state index is 11.4. The van der Waals surface area contributed by atoms with Crippen LogP contribution in [-0.2, 0) is 4.79 Å². The molecule has 1 N–H and O–H groups in total. The molecule has 0 bridgehead atoms. The average Bonchev–Trinajstić information content (AvgIpc) is 3.01. The minimum Gasteiger partial charge on any atom is -0.481 e. The molecule has 20 heavy (non-hydrogen) atoms. The average molecular weight is 289 g/mol. The fourth-order valence-electron chi connectivity index (χ4n) is 2.69. The number of hydrogen-bond acceptors (Lipinski definition) is 5. The van der Waals surface area contributed by atoms with Crippen molar-refractivity contribution in [3.8, 4) is 0 Å². The third-order valence-corrected chi connectivity index (χ3v) is 4.62. The molecule has 0 amide bonds. The fourth-order valence-corrected chi connectivity index (χ4v) is 3.49. The van der Waals surface area contributed by atoms with E-state index in [9.17, 15) is 9.90 Å². The standard InChI is InChI=1S/C14H15N3O2S/c18-14(19)11-3-6-17(10-2-1-4-15-8-10)9-12(11)13-16-5-7-20-13/h1-2,4-5,7-8,11-12H,3,6,9H2,(H,18,19). The molecule has 0 saturated carbocycles. The number of aromatic nitrogens is 2. The van der Waals surface area contributed by atoms with Gasteiger partial charge in [0.2, 0.25) is 0 Å². The first-order valence-corrected chi connectivity index (χ1v) is 7.41. The Morgan fingerprint density at radius 3 is 3.00 bits per heavy atom. The van der Waals surface area contributed by atoms with Gasteiger partial charge < -0.3 is 10.0 Å². The normalized spacial score (nSPS) is 22.7. The largest absolute Gasteiger partial charge is 0.481 e. The summed E-state index contributed by atoms with van der Waals surface area (Å²) in [6, 6.07) is 3.91. The van der Waals surface area contributed by atoms with Crippen molar-refractivity contribution < 1.29 is 9.90 Å². The summed E-state index contributed by atoms with van der Waals surface area (Å²) in [4.78, 5) is 22.1. The Morgan fingerprint density at radius 1 is 1.45 bits per heavy atom. The zero-order chi connectivity index (χ0) is 13.9. The molecule has 2 unspecified atom stereocenters. The molecule has 1 aliphatic rings. The Kier molecular flexibility index (Phi) is 3.64. The van der Waals surface area contributed by atoms with Gasteiger partial charge in [0.15, 0.2) is 0 Å². The van der Waals surface area contributed by atoms with Gasteiger partial charge in [0.1, 0.15) is 0 Å². The highest BCUT2D eigenvalue weighted by atomic mass is 32.1. The van der Waals surface area contributed by atoms with Crippen molar-refractivity contribution in [2.24, 2.45) is 5.92 Å². The first kappa shape index (κ1) is 13.1. The number of pyridine rings is 1. The van der Waals surface area contributed by atoms with Crippen molar-refractivity contribution in [1.82, 2.24) is 9.97 Å².